The van der Waals surface area contributed by atoms with Gasteiger partial charge in [-0.2, -0.15) is 0 Å². The summed E-state index contributed by atoms with van der Waals surface area (Å²) < 4.78 is 6.21. The van der Waals surface area contributed by atoms with Crippen LogP contribution >= 0.6 is 22.7 Å². The summed E-state index contributed by atoms with van der Waals surface area (Å²) in [6.45, 7) is 5.47. The largest absolute Gasteiger partial charge is 0.465 e. The highest BCUT2D eigenvalue weighted by Crippen LogP contribution is 2.45. The van der Waals surface area contributed by atoms with Gasteiger partial charge in [-0.1, -0.05) is 12.1 Å². The lowest BCUT2D eigenvalue weighted by Crippen LogP contribution is -2.35. The van der Waals surface area contributed by atoms with Gasteiger partial charge in [-0.15, -0.1) is 22.7 Å². The second-order valence-corrected chi connectivity index (χ2v) is 8.78. The zero-order valence-electron chi connectivity index (χ0n) is 15.8. The summed E-state index contributed by atoms with van der Waals surface area (Å²) in [5.41, 5.74) is 3.23. The lowest BCUT2D eigenvalue weighted by molar-refractivity contribution is -0.144. The van der Waals surface area contributed by atoms with Crippen LogP contribution in [0.4, 0.5) is 5.00 Å². The minimum absolute atomic E-state index is 0.0932. The van der Waals surface area contributed by atoms with Crippen molar-refractivity contribution in [2.45, 2.75) is 26.8 Å². The molecule has 28 heavy (non-hydrogen) atoms. The normalized spacial score (nSPS) is 14.1. The van der Waals surface area contributed by atoms with Gasteiger partial charge in [-0.3, -0.25) is 14.5 Å². The predicted molar refractivity (Wildman–Crippen MR) is 113 cm³/mol. The van der Waals surface area contributed by atoms with Crippen molar-refractivity contribution in [2.24, 2.45) is 0 Å². The van der Waals surface area contributed by atoms with Crippen molar-refractivity contribution in [2.75, 3.05) is 25.0 Å². The van der Waals surface area contributed by atoms with Gasteiger partial charge in [0.05, 0.1) is 23.4 Å². The summed E-state index contributed by atoms with van der Waals surface area (Å²) in [4.78, 5) is 31.7. The molecule has 8 heteroatoms. The molecule has 146 valence electrons. The van der Waals surface area contributed by atoms with E-state index in [1.165, 1.54) is 17.4 Å². The van der Waals surface area contributed by atoms with Crippen LogP contribution in [0.2, 0.25) is 0 Å². The molecular formula is C20H21N3O3S2. The molecular weight excluding hydrogens is 394 g/mol. The van der Waals surface area contributed by atoms with Gasteiger partial charge in [-0.25, -0.2) is 4.98 Å². The number of anilines is 1. The first-order valence-electron chi connectivity index (χ1n) is 9.21. The predicted octanol–water partition coefficient (Wildman–Crippen LogP) is 3.90. The minimum atomic E-state index is -0.198. The van der Waals surface area contributed by atoms with Gasteiger partial charge in [-0.05, 0) is 31.0 Å². The number of thiazole rings is 1. The summed E-state index contributed by atoms with van der Waals surface area (Å²) in [5, 5.41) is 4.76. The number of nitrogens with one attached hydrogen (secondary N) is 1. The summed E-state index contributed by atoms with van der Waals surface area (Å²) in [6.07, 6.45) is 0.816. The highest BCUT2D eigenvalue weighted by molar-refractivity contribution is 7.22. The molecule has 1 aliphatic rings. The number of ether oxygens (including phenoxy) is 1. The number of hydrogen-bond acceptors (Lipinski definition) is 7. The number of esters is 1. The molecule has 4 rings (SSSR count). The molecule has 6 nitrogen and oxygen atoms in total. The second-order valence-electron chi connectivity index (χ2n) is 6.64. The van der Waals surface area contributed by atoms with Crippen molar-refractivity contribution in [1.82, 2.24) is 9.88 Å². The first kappa shape index (κ1) is 19.0. The molecule has 1 aromatic carbocycles. The number of carbonyl (C=O) groups excluding carboxylic acids is 2. The number of nitrogens with zero attached hydrogens (tertiary/aromatic N) is 2. The molecule has 0 saturated carbocycles. The number of aromatic nitrogens is 1. The molecule has 0 spiro atoms. The zero-order valence-corrected chi connectivity index (χ0v) is 17.4. The third kappa shape index (κ3) is 3.80. The molecule has 0 unspecified atom stereocenters. The quantitative estimate of drug-likeness (QED) is 0.640. The topological polar surface area (TPSA) is 71.5 Å². The van der Waals surface area contributed by atoms with E-state index in [-0.39, 0.29) is 18.4 Å². The second kappa shape index (κ2) is 7.98. The van der Waals surface area contributed by atoms with Crippen molar-refractivity contribution in [3.63, 3.8) is 0 Å². The fraction of sp³-hybridized carbons (Fsp3) is 0.350. The van der Waals surface area contributed by atoms with Crippen LogP contribution in [0.3, 0.4) is 0 Å². The van der Waals surface area contributed by atoms with Crippen LogP contribution in [0, 0.1) is 0 Å². The zero-order chi connectivity index (χ0) is 19.7. The Morgan fingerprint density at radius 3 is 2.86 bits per heavy atom. The molecule has 0 saturated heterocycles. The molecule has 0 atom stereocenters. The average Bonchev–Trinajstić information content (AvgIpc) is 3.21. The van der Waals surface area contributed by atoms with Crippen LogP contribution in [0.1, 0.15) is 24.3 Å². The third-order valence-corrected chi connectivity index (χ3v) is 6.78. The van der Waals surface area contributed by atoms with E-state index in [9.17, 15) is 9.59 Å². The Morgan fingerprint density at radius 2 is 2.11 bits per heavy atom. The Balaban J connectivity index is 1.70. The highest BCUT2D eigenvalue weighted by atomic mass is 32.1. The standard InChI is InChI=1S/C20H21N3O3S2/c1-3-26-17(25)11-23-9-8-13-16(10-23)28-19(21-12(2)24)18(13)20-22-14-6-4-5-7-15(14)27-20/h4-7H,3,8-11H2,1-2H3,(H,21,24). The maximum atomic E-state index is 11.8. The number of para-hydroxylation sites is 1. The number of thiophene rings is 1. The van der Waals surface area contributed by atoms with Crippen molar-refractivity contribution in [3.05, 3.63) is 34.7 Å². The van der Waals surface area contributed by atoms with E-state index in [0.717, 1.165) is 38.8 Å². The lowest BCUT2D eigenvalue weighted by Gasteiger charge is -2.26. The Labute approximate surface area is 171 Å². The molecule has 1 aliphatic heterocycles. The fourth-order valence-corrected chi connectivity index (χ4v) is 5.88. The van der Waals surface area contributed by atoms with Crippen LogP contribution in [-0.2, 0) is 27.3 Å². The Kier molecular flexibility index (Phi) is 5.43. The van der Waals surface area contributed by atoms with E-state index in [1.54, 1.807) is 22.7 Å². The van der Waals surface area contributed by atoms with Crippen molar-refractivity contribution >= 4 is 49.8 Å². The van der Waals surface area contributed by atoms with Crippen molar-refractivity contribution in [1.29, 1.82) is 0 Å². The Bertz CT molecular complexity index is 1010. The SMILES string of the molecule is CCOC(=O)CN1CCc2c(sc(NC(C)=O)c2-c2nc3ccccc3s2)C1. The lowest BCUT2D eigenvalue weighted by atomic mass is 10.0. The van der Waals surface area contributed by atoms with Gasteiger partial charge in [0.15, 0.2) is 0 Å². The number of carbonyl (C=O) groups is 2. The molecule has 3 aromatic rings. The molecule has 0 radical (unpaired) electrons. The summed E-state index contributed by atoms with van der Waals surface area (Å²) in [6, 6.07) is 8.06. The van der Waals surface area contributed by atoms with Crippen LogP contribution in [0.15, 0.2) is 24.3 Å². The summed E-state index contributed by atoms with van der Waals surface area (Å²) in [7, 11) is 0. The van der Waals surface area contributed by atoms with Crippen LogP contribution in [0.5, 0.6) is 0 Å². The third-order valence-electron chi connectivity index (χ3n) is 4.59. The van der Waals surface area contributed by atoms with Gasteiger partial charge in [0, 0.05) is 30.5 Å². The molecule has 1 amide bonds. The number of amides is 1. The average molecular weight is 416 g/mol. The van der Waals surface area contributed by atoms with Crippen LogP contribution < -0.4 is 5.32 Å². The van der Waals surface area contributed by atoms with Gasteiger partial charge >= 0.3 is 5.97 Å². The fourth-order valence-electron chi connectivity index (χ4n) is 3.43. The smallest absolute Gasteiger partial charge is 0.320 e. The van der Waals surface area contributed by atoms with Crippen LogP contribution in [-0.4, -0.2) is 41.5 Å². The molecule has 3 heterocycles. The molecule has 0 bridgehead atoms. The van der Waals surface area contributed by atoms with E-state index in [0.29, 0.717) is 13.2 Å². The van der Waals surface area contributed by atoms with Gasteiger partial charge in [0.1, 0.15) is 10.0 Å². The van der Waals surface area contributed by atoms with Crippen LogP contribution in [0.25, 0.3) is 20.8 Å². The number of hydrogen-bond donors (Lipinski definition) is 1. The molecule has 1 N–H and O–H groups in total. The Hall–Kier alpha value is -2.29. The summed E-state index contributed by atoms with van der Waals surface area (Å²) in [5.74, 6) is -0.291. The monoisotopic (exact) mass is 415 g/mol. The van der Waals surface area contributed by atoms with E-state index in [4.69, 9.17) is 9.72 Å². The first-order chi connectivity index (χ1) is 13.5. The maximum Gasteiger partial charge on any atom is 0.320 e. The molecule has 0 fully saturated rings. The van der Waals surface area contributed by atoms with Gasteiger partial charge in [0.25, 0.3) is 0 Å². The van der Waals surface area contributed by atoms with Gasteiger partial charge in [0.2, 0.25) is 5.91 Å². The first-order valence-corrected chi connectivity index (χ1v) is 10.8. The number of rotatable bonds is 5. The molecule has 2 aromatic heterocycles. The highest BCUT2D eigenvalue weighted by Gasteiger charge is 2.28. The minimum Gasteiger partial charge on any atom is -0.465 e. The van der Waals surface area contributed by atoms with Crippen molar-refractivity contribution in [3.8, 4) is 10.6 Å². The summed E-state index contributed by atoms with van der Waals surface area (Å²) >= 11 is 3.22. The van der Waals surface area contributed by atoms with E-state index in [1.807, 2.05) is 25.1 Å². The van der Waals surface area contributed by atoms with Gasteiger partial charge < -0.3 is 10.1 Å². The van der Waals surface area contributed by atoms with E-state index < -0.39 is 0 Å². The van der Waals surface area contributed by atoms with Crippen molar-refractivity contribution < 1.29 is 14.3 Å². The van der Waals surface area contributed by atoms with E-state index >= 15 is 0 Å². The number of fused-ring (bicyclic) bond motifs is 2. The molecule has 0 aliphatic carbocycles. The Morgan fingerprint density at radius 1 is 1.29 bits per heavy atom. The van der Waals surface area contributed by atoms with E-state index in [2.05, 4.69) is 16.3 Å². The number of benzene rings is 1. The maximum absolute atomic E-state index is 11.8.